The van der Waals surface area contributed by atoms with Crippen LogP contribution < -0.4 is 5.32 Å². The van der Waals surface area contributed by atoms with E-state index in [9.17, 15) is 9.59 Å². The van der Waals surface area contributed by atoms with Gasteiger partial charge < -0.3 is 10.1 Å². The van der Waals surface area contributed by atoms with Crippen molar-refractivity contribution in [3.8, 4) is 0 Å². The Kier molecular flexibility index (Phi) is 4.81. The van der Waals surface area contributed by atoms with Crippen LogP contribution in [0.5, 0.6) is 0 Å². The number of thiophene rings is 1. The maximum Gasteiger partial charge on any atom is 0.341 e. The number of ether oxygens (including phenoxy) is 1. The minimum Gasteiger partial charge on any atom is -0.465 e. The van der Waals surface area contributed by atoms with E-state index in [-0.39, 0.29) is 17.8 Å². The standard InChI is InChI=1S/C17H23NO3S/c1-21-17(20)14-12-9-3-2-4-10-13(12)22-16(14)18-15(19)11-7-5-6-8-11/h11H,2-10H2,1H3,(H,18,19). The summed E-state index contributed by atoms with van der Waals surface area (Å²) in [6.07, 6.45) is 9.55. The fourth-order valence-corrected chi connectivity index (χ4v) is 4.83. The van der Waals surface area contributed by atoms with Gasteiger partial charge in [-0.2, -0.15) is 0 Å². The van der Waals surface area contributed by atoms with Crippen LogP contribution in [0, 0.1) is 5.92 Å². The Morgan fingerprint density at radius 2 is 1.82 bits per heavy atom. The van der Waals surface area contributed by atoms with Crippen molar-refractivity contribution in [1.29, 1.82) is 0 Å². The molecule has 1 fully saturated rings. The molecule has 1 saturated carbocycles. The van der Waals surface area contributed by atoms with Gasteiger partial charge in [0.05, 0.1) is 12.7 Å². The predicted octanol–water partition coefficient (Wildman–Crippen LogP) is 3.93. The first-order chi connectivity index (χ1) is 10.7. The predicted molar refractivity (Wildman–Crippen MR) is 87.5 cm³/mol. The average molecular weight is 321 g/mol. The molecule has 1 aromatic rings. The lowest BCUT2D eigenvalue weighted by Crippen LogP contribution is -2.21. The smallest absolute Gasteiger partial charge is 0.341 e. The van der Waals surface area contributed by atoms with Gasteiger partial charge in [-0.15, -0.1) is 11.3 Å². The van der Waals surface area contributed by atoms with E-state index in [2.05, 4.69) is 5.32 Å². The molecule has 0 saturated heterocycles. The summed E-state index contributed by atoms with van der Waals surface area (Å²) in [4.78, 5) is 25.9. The number of amides is 1. The summed E-state index contributed by atoms with van der Waals surface area (Å²) >= 11 is 1.57. The Bertz CT molecular complexity index is 573. The van der Waals surface area contributed by atoms with Crippen molar-refractivity contribution < 1.29 is 14.3 Å². The normalized spacial score (nSPS) is 18.6. The highest BCUT2D eigenvalue weighted by atomic mass is 32.1. The zero-order valence-electron chi connectivity index (χ0n) is 13.1. The molecule has 2 aliphatic carbocycles. The number of methoxy groups -OCH3 is 1. The van der Waals surface area contributed by atoms with Crippen molar-refractivity contribution in [2.45, 2.75) is 57.8 Å². The van der Waals surface area contributed by atoms with E-state index in [1.165, 1.54) is 18.4 Å². The van der Waals surface area contributed by atoms with Crippen LogP contribution in [0.3, 0.4) is 0 Å². The maximum atomic E-state index is 12.4. The Morgan fingerprint density at radius 3 is 2.55 bits per heavy atom. The maximum absolute atomic E-state index is 12.4. The number of anilines is 1. The number of aryl methyl sites for hydroxylation is 1. The van der Waals surface area contributed by atoms with Crippen LogP contribution in [0.25, 0.3) is 0 Å². The second kappa shape index (κ2) is 6.82. The van der Waals surface area contributed by atoms with Crippen LogP contribution in [0.15, 0.2) is 0 Å². The molecule has 0 spiro atoms. The van der Waals surface area contributed by atoms with Crippen molar-refractivity contribution >= 4 is 28.2 Å². The number of carbonyl (C=O) groups is 2. The lowest BCUT2D eigenvalue weighted by Gasteiger charge is -2.11. The van der Waals surface area contributed by atoms with E-state index in [0.717, 1.165) is 56.9 Å². The molecule has 0 aromatic carbocycles. The van der Waals surface area contributed by atoms with Crippen LogP contribution in [-0.2, 0) is 22.4 Å². The summed E-state index contributed by atoms with van der Waals surface area (Å²) in [7, 11) is 1.41. The zero-order valence-corrected chi connectivity index (χ0v) is 13.9. The highest BCUT2D eigenvalue weighted by molar-refractivity contribution is 7.17. The second-order valence-electron chi connectivity index (χ2n) is 6.23. The first kappa shape index (κ1) is 15.5. The first-order valence-electron chi connectivity index (χ1n) is 8.24. The third-order valence-corrected chi connectivity index (χ3v) is 5.98. The van der Waals surface area contributed by atoms with Crippen LogP contribution in [0.1, 0.15) is 65.7 Å². The summed E-state index contributed by atoms with van der Waals surface area (Å²) in [5, 5.41) is 3.73. The molecule has 0 unspecified atom stereocenters. The molecule has 1 heterocycles. The number of esters is 1. The molecule has 0 atom stereocenters. The number of rotatable bonds is 3. The molecular weight excluding hydrogens is 298 g/mol. The van der Waals surface area contributed by atoms with Crippen molar-refractivity contribution in [2.24, 2.45) is 5.92 Å². The van der Waals surface area contributed by atoms with Crippen molar-refractivity contribution in [1.82, 2.24) is 0 Å². The largest absolute Gasteiger partial charge is 0.465 e. The van der Waals surface area contributed by atoms with Crippen LogP contribution in [0.4, 0.5) is 5.00 Å². The summed E-state index contributed by atoms with van der Waals surface area (Å²) < 4.78 is 4.97. The van der Waals surface area contributed by atoms with E-state index in [4.69, 9.17) is 4.74 Å². The van der Waals surface area contributed by atoms with Gasteiger partial charge in [0.2, 0.25) is 5.91 Å². The third-order valence-electron chi connectivity index (χ3n) is 4.77. The molecule has 3 rings (SSSR count). The van der Waals surface area contributed by atoms with Gasteiger partial charge in [-0.05, 0) is 44.1 Å². The molecule has 2 aliphatic rings. The monoisotopic (exact) mass is 321 g/mol. The van der Waals surface area contributed by atoms with Gasteiger partial charge in [-0.1, -0.05) is 19.3 Å². The van der Waals surface area contributed by atoms with E-state index in [1.807, 2.05) is 0 Å². The number of nitrogens with one attached hydrogen (secondary N) is 1. The summed E-state index contributed by atoms with van der Waals surface area (Å²) in [6.45, 7) is 0. The Balaban J connectivity index is 1.89. The lowest BCUT2D eigenvalue weighted by molar-refractivity contribution is -0.119. The molecule has 0 bridgehead atoms. The molecule has 22 heavy (non-hydrogen) atoms. The molecule has 1 amide bonds. The average Bonchev–Trinajstić information content (AvgIpc) is 3.10. The number of fused-ring (bicyclic) bond motifs is 1. The second-order valence-corrected chi connectivity index (χ2v) is 7.34. The number of hydrogen-bond donors (Lipinski definition) is 1. The zero-order chi connectivity index (χ0) is 15.5. The lowest BCUT2D eigenvalue weighted by atomic mass is 10.0. The van der Waals surface area contributed by atoms with Gasteiger partial charge in [0, 0.05) is 10.8 Å². The van der Waals surface area contributed by atoms with Crippen molar-refractivity contribution in [3.63, 3.8) is 0 Å². The highest BCUT2D eigenvalue weighted by Gasteiger charge is 2.29. The van der Waals surface area contributed by atoms with Crippen LogP contribution >= 0.6 is 11.3 Å². The Hall–Kier alpha value is -1.36. The summed E-state index contributed by atoms with van der Waals surface area (Å²) in [6, 6.07) is 0. The van der Waals surface area contributed by atoms with Crippen molar-refractivity contribution in [2.75, 3.05) is 12.4 Å². The van der Waals surface area contributed by atoms with Gasteiger partial charge in [-0.3, -0.25) is 4.79 Å². The fourth-order valence-electron chi connectivity index (χ4n) is 3.55. The fraction of sp³-hybridized carbons (Fsp3) is 0.647. The minimum absolute atomic E-state index is 0.0686. The quantitative estimate of drug-likeness (QED) is 0.678. The first-order valence-corrected chi connectivity index (χ1v) is 9.06. The van der Waals surface area contributed by atoms with Gasteiger partial charge in [-0.25, -0.2) is 4.79 Å². The summed E-state index contributed by atoms with van der Waals surface area (Å²) in [5.74, 6) is -0.146. The Morgan fingerprint density at radius 1 is 1.09 bits per heavy atom. The van der Waals surface area contributed by atoms with Gasteiger partial charge in [0.15, 0.2) is 0 Å². The highest BCUT2D eigenvalue weighted by Crippen LogP contribution is 2.38. The van der Waals surface area contributed by atoms with Crippen molar-refractivity contribution in [3.05, 3.63) is 16.0 Å². The Labute approximate surface area is 135 Å². The molecular formula is C17H23NO3S. The topological polar surface area (TPSA) is 55.4 Å². The van der Waals surface area contributed by atoms with E-state index >= 15 is 0 Å². The van der Waals surface area contributed by atoms with E-state index in [0.29, 0.717) is 10.6 Å². The number of hydrogen-bond acceptors (Lipinski definition) is 4. The van der Waals surface area contributed by atoms with Crippen LogP contribution in [-0.4, -0.2) is 19.0 Å². The molecule has 0 radical (unpaired) electrons. The number of carbonyl (C=O) groups excluding carboxylic acids is 2. The van der Waals surface area contributed by atoms with E-state index in [1.54, 1.807) is 11.3 Å². The molecule has 4 nitrogen and oxygen atoms in total. The van der Waals surface area contributed by atoms with Crippen LogP contribution in [0.2, 0.25) is 0 Å². The molecule has 120 valence electrons. The molecule has 1 N–H and O–H groups in total. The van der Waals surface area contributed by atoms with Gasteiger partial charge >= 0.3 is 5.97 Å². The molecule has 1 aromatic heterocycles. The summed E-state index contributed by atoms with van der Waals surface area (Å²) in [5.41, 5.74) is 1.71. The van der Waals surface area contributed by atoms with Gasteiger partial charge in [0.1, 0.15) is 5.00 Å². The van der Waals surface area contributed by atoms with Gasteiger partial charge in [0.25, 0.3) is 0 Å². The molecule has 0 aliphatic heterocycles. The SMILES string of the molecule is COC(=O)c1c(NC(=O)C2CCCC2)sc2c1CCCCC2. The molecule has 5 heteroatoms. The third kappa shape index (κ3) is 3.05. The van der Waals surface area contributed by atoms with E-state index < -0.39 is 0 Å². The minimum atomic E-state index is -0.318.